The van der Waals surface area contributed by atoms with Crippen LogP contribution in [0.1, 0.15) is 30.8 Å². The summed E-state index contributed by atoms with van der Waals surface area (Å²) in [6.07, 6.45) is 5.94. The Balaban J connectivity index is 1.82. The van der Waals surface area contributed by atoms with Crippen LogP contribution >= 0.6 is 11.3 Å². The number of fused-ring (bicyclic) bond motifs is 1. The quantitative estimate of drug-likeness (QED) is 0.747. The number of benzene rings is 1. The monoisotopic (exact) mass is 299 g/mol. The van der Waals surface area contributed by atoms with E-state index in [0.717, 1.165) is 25.2 Å². The van der Waals surface area contributed by atoms with Crippen molar-refractivity contribution in [3.05, 3.63) is 53.4 Å². The lowest BCUT2D eigenvalue weighted by molar-refractivity contribution is 0.509. The second kappa shape index (κ2) is 6.41. The van der Waals surface area contributed by atoms with Gasteiger partial charge in [-0.2, -0.15) is 0 Å². The van der Waals surface area contributed by atoms with Gasteiger partial charge >= 0.3 is 0 Å². The van der Waals surface area contributed by atoms with Gasteiger partial charge < -0.3 is 9.88 Å². The molecular formula is C17H21N3S. The first kappa shape index (κ1) is 14.3. The van der Waals surface area contributed by atoms with E-state index in [-0.39, 0.29) is 0 Å². The normalized spacial score (nSPS) is 12.9. The Labute approximate surface area is 129 Å². The maximum absolute atomic E-state index is 4.43. The molecule has 110 valence electrons. The van der Waals surface area contributed by atoms with Gasteiger partial charge in [0.15, 0.2) is 0 Å². The van der Waals surface area contributed by atoms with Crippen LogP contribution in [0.3, 0.4) is 0 Å². The van der Waals surface area contributed by atoms with Gasteiger partial charge in [0.25, 0.3) is 0 Å². The SMILES string of the molecule is CCNC(CCc1nccn1C)c1csc2ccccc12. The summed E-state index contributed by atoms with van der Waals surface area (Å²) in [5.41, 5.74) is 1.42. The van der Waals surface area contributed by atoms with Crippen molar-refractivity contribution in [2.24, 2.45) is 7.05 Å². The van der Waals surface area contributed by atoms with Crippen LogP contribution in [0.25, 0.3) is 10.1 Å². The minimum absolute atomic E-state index is 0.392. The zero-order valence-corrected chi connectivity index (χ0v) is 13.4. The molecule has 0 spiro atoms. The highest BCUT2D eigenvalue weighted by Crippen LogP contribution is 2.32. The molecule has 3 nitrogen and oxygen atoms in total. The number of imidazole rings is 1. The smallest absolute Gasteiger partial charge is 0.108 e. The standard InChI is InChI=1S/C17H21N3S/c1-3-18-15(8-9-17-19-10-11-20(17)2)14-12-21-16-7-5-4-6-13(14)16/h4-7,10-12,15,18H,3,8-9H2,1-2H3. The molecule has 1 aromatic carbocycles. The minimum Gasteiger partial charge on any atom is -0.338 e. The zero-order chi connectivity index (χ0) is 14.7. The highest BCUT2D eigenvalue weighted by molar-refractivity contribution is 7.17. The average molecular weight is 299 g/mol. The summed E-state index contributed by atoms with van der Waals surface area (Å²) in [5.74, 6) is 1.15. The van der Waals surface area contributed by atoms with Gasteiger partial charge in [0.1, 0.15) is 5.82 Å². The largest absolute Gasteiger partial charge is 0.338 e. The number of aryl methyl sites for hydroxylation is 2. The Morgan fingerprint density at radius 1 is 1.33 bits per heavy atom. The van der Waals surface area contributed by atoms with Crippen LogP contribution in [-0.2, 0) is 13.5 Å². The summed E-state index contributed by atoms with van der Waals surface area (Å²) in [6.45, 7) is 3.15. The predicted molar refractivity (Wildman–Crippen MR) is 89.8 cm³/mol. The molecule has 3 rings (SSSR count). The maximum atomic E-state index is 4.43. The molecule has 2 aromatic heterocycles. The van der Waals surface area contributed by atoms with Crippen molar-refractivity contribution in [1.29, 1.82) is 0 Å². The van der Waals surface area contributed by atoms with Crippen LogP contribution < -0.4 is 5.32 Å². The van der Waals surface area contributed by atoms with Gasteiger partial charge in [-0.1, -0.05) is 25.1 Å². The second-order valence-electron chi connectivity index (χ2n) is 5.29. The Hall–Kier alpha value is -1.65. The fourth-order valence-electron chi connectivity index (χ4n) is 2.79. The number of thiophene rings is 1. The van der Waals surface area contributed by atoms with Crippen LogP contribution in [0, 0.1) is 0 Å². The van der Waals surface area contributed by atoms with E-state index in [1.165, 1.54) is 15.6 Å². The topological polar surface area (TPSA) is 29.9 Å². The molecular weight excluding hydrogens is 278 g/mol. The molecule has 0 amide bonds. The molecule has 0 radical (unpaired) electrons. The maximum Gasteiger partial charge on any atom is 0.108 e. The third-order valence-electron chi connectivity index (χ3n) is 3.91. The fourth-order valence-corrected chi connectivity index (χ4v) is 3.81. The lowest BCUT2D eigenvalue weighted by Gasteiger charge is -2.17. The van der Waals surface area contributed by atoms with Crippen molar-refractivity contribution in [2.75, 3.05) is 6.54 Å². The van der Waals surface area contributed by atoms with Crippen LogP contribution in [-0.4, -0.2) is 16.1 Å². The Kier molecular flexibility index (Phi) is 4.36. The van der Waals surface area contributed by atoms with E-state index in [2.05, 4.69) is 58.5 Å². The van der Waals surface area contributed by atoms with Gasteiger partial charge in [-0.25, -0.2) is 4.98 Å². The van der Waals surface area contributed by atoms with Crippen molar-refractivity contribution >= 4 is 21.4 Å². The number of hydrogen-bond donors (Lipinski definition) is 1. The molecule has 21 heavy (non-hydrogen) atoms. The van der Waals surface area contributed by atoms with Gasteiger partial charge in [-0.05, 0) is 35.4 Å². The molecule has 0 saturated carbocycles. The van der Waals surface area contributed by atoms with Gasteiger partial charge in [-0.3, -0.25) is 0 Å². The van der Waals surface area contributed by atoms with Crippen molar-refractivity contribution in [3.63, 3.8) is 0 Å². The van der Waals surface area contributed by atoms with Crippen molar-refractivity contribution in [3.8, 4) is 0 Å². The molecule has 1 atom stereocenters. The molecule has 2 heterocycles. The van der Waals surface area contributed by atoms with E-state index >= 15 is 0 Å². The van der Waals surface area contributed by atoms with Crippen LogP contribution in [0.4, 0.5) is 0 Å². The van der Waals surface area contributed by atoms with Crippen LogP contribution in [0.5, 0.6) is 0 Å². The van der Waals surface area contributed by atoms with Gasteiger partial charge in [0.2, 0.25) is 0 Å². The Morgan fingerprint density at radius 3 is 2.95 bits per heavy atom. The van der Waals surface area contributed by atoms with E-state index < -0.39 is 0 Å². The van der Waals surface area contributed by atoms with E-state index in [1.807, 2.05) is 23.7 Å². The van der Waals surface area contributed by atoms with Crippen molar-refractivity contribution in [2.45, 2.75) is 25.8 Å². The van der Waals surface area contributed by atoms with Crippen molar-refractivity contribution < 1.29 is 0 Å². The van der Waals surface area contributed by atoms with E-state index in [1.54, 1.807) is 0 Å². The van der Waals surface area contributed by atoms with Crippen molar-refractivity contribution in [1.82, 2.24) is 14.9 Å². The number of hydrogen-bond acceptors (Lipinski definition) is 3. The minimum atomic E-state index is 0.392. The average Bonchev–Trinajstić information content (AvgIpc) is 3.10. The number of rotatable bonds is 6. The van der Waals surface area contributed by atoms with Crippen LogP contribution in [0.2, 0.25) is 0 Å². The zero-order valence-electron chi connectivity index (χ0n) is 12.5. The van der Waals surface area contributed by atoms with Gasteiger partial charge in [0, 0.05) is 36.6 Å². The van der Waals surface area contributed by atoms with Gasteiger partial charge in [-0.15, -0.1) is 11.3 Å². The number of nitrogens with zero attached hydrogens (tertiary/aromatic N) is 2. The summed E-state index contributed by atoms with van der Waals surface area (Å²) in [6, 6.07) is 9.05. The second-order valence-corrected chi connectivity index (χ2v) is 6.20. The molecule has 0 aliphatic heterocycles. The molecule has 0 aliphatic rings. The highest BCUT2D eigenvalue weighted by atomic mass is 32.1. The fraction of sp³-hybridized carbons (Fsp3) is 0.353. The molecule has 4 heteroatoms. The molecule has 0 saturated heterocycles. The van der Waals surface area contributed by atoms with E-state index in [9.17, 15) is 0 Å². The first-order chi connectivity index (χ1) is 10.3. The number of nitrogens with one attached hydrogen (secondary N) is 1. The van der Waals surface area contributed by atoms with E-state index in [4.69, 9.17) is 0 Å². The summed E-state index contributed by atoms with van der Waals surface area (Å²) in [7, 11) is 2.06. The molecule has 3 aromatic rings. The first-order valence-corrected chi connectivity index (χ1v) is 8.33. The Morgan fingerprint density at radius 2 is 2.19 bits per heavy atom. The lowest BCUT2D eigenvalue weighted by Crippen LogP contribution is -2.21. The van der Waals surface area contributed by atoms with Gasteiger partial charge in [0.05, 0.1) is 0 Å². The molecule has 1 N–H and O–H groups in total. The number of aromatic nitrogens is 2. The third-order valence-corrected chi connectivity index (χ3v) is 4.90. The third kappa shape index (κ3) is 3.01. The molecule has 0 bridgehead atoms. The summed E-state index contributed by atoms with van der Waals surface area (Å²) < 4.78 is 3.47. The summed E-state index contributed by atoms with van der Waals surface area (Å²) >= 11 is 1.83. The highest BCUT2D eigenvalue weighted by Gasteiger charge is 2.15. The van der Waals surface area contributed by atoms with Crippen LogP contribution in [0.15, 0.2) is 42.0 Å². The molecule has 1 unspecified atom stereocenters. The lowest BCUT2D eigenvalue weighted by atomic mass is 10.0. The molecule has 0 fully saturated rings. The Bertz CT molecular complexity index is 713. The summed E-state index contributed by atoms with van der Waals surface area (Å²) in [5, 5.41) is 7.31. The molecule has 0 aliphatic carbocycles. The summed E-state index contributed by atoms with van der Waals surface area (Å²) in [4.78, 5) is 4.43. The van der Waals surface area contributed by atoms with E-state index in [0.29, 0.717) is 6.04 Å². The first-order valence-electron chi connectivity index (χ1n) is 7.45. The predicted octanol–water partition coefficient (Wildman–Crippen LogP) is 3.92.